The normalized spacial score (nSPS) is 37.7. The maximum atomic E-state index is 16.0. The molecule has 19 nitrogen and oxygen atoms in total. The third-order valence-electron chi connectivity index (χ3n) is 7.26. The highest BCUT2D eigenvalue weighted by Gasteiger charge is 2.53. The van der Waals surface area contributed by atoms with E-state index in [1.165, 1.54) is 10.9 Å². The predicted molar refractivity (Wildman–Crippen MR) is 151 cm³/mol. The van der Waals surface area contributed by atoms with Crippen LogP contribution in [-0.2, 0) is 43.9 Å². The van der Waals surface area contributed by atoms with E-state index < -0.39 is 82.2 Å². The summed E-state index contributed by atoms with van der Waals surface area (Å²) < 4.78 is 80.7. The number of hydrogen-bond acceptors (Lipinski definition) is 16. The van der Waals surface area contributed by atoms with Gasteiger partial charge in [0.05, 0.1) is 25.9 Å². The van der Waals surface area contributed by atoms with Gasteiger partial charge in [-0.25, -0.2) is 28.7 Å². The van der Waals surface area contributed by atoms with Crippen molar-refractivity contribution in [3.63, 3.8) is 0 Å². The second-order valence-electron chi connectivity index (χ2n) is 10.1. The average molecular weight is 688 g/mol. The number of anilines is 2. The van der Waals surface area contributed by atoms with Gasteiger partial charge in [0.2, 0.25) is 13.5 Å². The van der Waals surface area contributed by atoms with E-state index in [0.717, 1.165) is 17.2 Å². The zero-order valence-electron chi connectivity index (χ0n) is 22.4. The fraction of sp³-hybridized carbons (Fsp3) is 0.500. The molecule has 0 amide bonds. The number of aromatic amines is 1. The second-order valence-corrected chi connectivity index (χ2v) is 14.5. The highest BCUT2D eigenvalue weighted by Crippen LogP contribution is 2.54. The Kier molecular flexibility index (Phi) is 7.55. The number of imidazole rings is 2. The first-order valence-corrected chi connectivity index (χ1v) is 17.1. The summed E-state index contributed by atoms with van der Waals surface area (Å²) in [6.07, 6.45) is -9.99. The van der Waals surface area contributed by atoms with Crippen LogP contribution < -0.4 is 17.0 Å². The molecule has 3 fully saturated rings. The summed E-state index contributed by atoms with van der Waals surface area (Å²) in [6.45, 7) is -5.72. The fourth-order valence-electron chi connectivity index (χ4n) is 5.27. The van der Waals surface area contributed by atoms with Crippen LogP contribution in [0.4, 0.5) is 20.5 Å². The van der Waals surface area contributed by atoms with Gasteiger partial charge in [-0.2, -0.15) is 4.98 Å². The third kappa shape index (κ3) is 5.45. The number of nitrogens with two attached hydrogens (primary N) is 2. The quantitative estimate of drug-likeness (QED) is 0.159. The molecule has 4 aromatic heterocycles. The van der Waals surface area contributed by atoms with E-state index in [4.69, 9.17) is 58.4 Å². The van der Waals surface area contributed by atoms with Crippen molar-refractivity contribution in [1.82, 2.24) is 39.0 Å². The summed E-state index contributed by atoms with van der Waals surface area (Å²) in [7, 11) is 1.20. The van der Waals surface area contributed by atoms with Crippen LogP contribution >= 0.6 is 14.2 Å². The lowest BCUT2D eigenvalue weighted by molar-refractivity contribution is -0.0566. The molecule has 2 radical (unpaired) electrons. The van der Waals surface area contributed by atoms with Crippen LogP contribution in [-0.4, -0.2) is 101 Å². The SMILES string of the molecule is [B]P1(=O)OC[C@H]2O[C@@H](n3cnc4c(=O)[nH]c(N)nc43)[C@@H](F)C2OP(O)(=S)OC[C@H]2O[C@@H](n3cnc4c(N)ncnc43)[C@@H](F)C2O1. The van der Waals surface area contributed by atoms with E-state index in [0.29, 0.717) is 0 Å². The molecule has 45 heavy (non-hydrogen) atoms. The van der Waals surface area contributed by atoms with E-state index in [1.807, 2.05) is 0 Å². The molecule has 0 aliphatic carbocycles. The Balaban J connectivity index is 1.17. The zero-order valence-corrected chi connectivity index (χ0v) is 25.0. The van der Waals surface area contributed by atoms with Crippen LogP contribution in [0.15, 0.2) is 23.8 Å². The highest BCUT2D eigenvalue weighted by atomic mass is 32.5. The maximum absolute atomic E-state index is 16.0. The number of nitrogen functional groups attached to an aromatic ring is 2. The highest BCUT2D eigenvalue weighted by molar-refractivity contribution is 8.07. The van der Waals surface area contributed by atoms with Gasteiger partial charge < -0.3 is 39.4 Å². The van der Waals surface area contributed by atoms with Crippen LogP contribution in [0.1, 0.15) is 12.5 Å². The largest absolute Gasteiger partial charge is 0.382 e. The van der Waals surface area contributed by atoms with Gasteiger partial charge >= 0.3 is 6.72 Å². The van der Waals surface area contributed by atoms with Crippen molar-refractivity contribution in [3.8, 4) is 0 Å². The monoisotopic (exact) mass is 688 g/mol. The van der Waals surface area contributed by atoms with Crippen molar-refractivity contribution in [2.24, 2.45) is 0 Å². The molecule has 7 heterocycles. The zero-order chi connectivity index (χ0) is 31.8. The van der Waals surface area contributed by atoms with Crippen LogP contribution in [0.25, 0.3) is 22.3 Å². The van der Waals surface area contributed by atoms with E-state index >= 15 is 8.78 Å². The number of nitrogens with one attached hydrogen (secondary N) is 1. The summed E-state index contributed by atoms with van der Waals surface area (Å²) in [4.78, 5) is 45.3. The number of aromatic nitrogens is 8. The Bertz CT molecular complexity index is 1950. The van der Waals surface area contributed by atoms with Crippen LogP contribution in [0.3, 0.4) is 0 Å². The van der Waals surface area contributed by atoms with Crippen molar-refractivity contribution < 1.29 is 45.8 Å². The first-order valence-electron chi connectivity index (χ1n) is 12.9. The Labute approximate surface area is 255 Å². The summed E-state index contributed by atoms with van der Waals surface area (Å²) >= 11 is 5.12. The van der Waals surface area contributed by atoms with Crippen molar-refractivity contribution in [2.45, 2.75) is 49.2 Å². The van der Waals surface area contributed by atoms with Gasteiger partial charge in [-0.3, -0.25) is 28.0 Å². The Morgan fingerprint density at radius 1 is 0.956 bits per heavy atom. The molecule has 0 aromatic carbocycles. The van der Waals surface area contributed by atoms with Crippen molar-refractivity contribution in [3.05, 3.63) is 29.3 Å². The van der Waals surface area contributed by atoms with Gasteiger partial charge in [0, 0.05) is 0 Å². The summed E-state index contributed by atoms with van der Waals surface area (Å²) in [5.74, 6) is -0.235. The number of alkyl halides is 2. The van der Waals surface area contributed by atoms with Gasteiger partial charge in [0.1, 0.15) is 36.3 Å². The molecule has 3 aliphatic rings. The molecule has 6 N–H and O–H groups in total. The standard InChI is InChI=1S/C20H21BF2N10O9P2S/c21-43(35)37-1-6-13(9(23)19(39-6)33-5-29-11-16(33)30-20(25)31-17(11)34)42-44(36,45)38-2-7-12(41-43)8(22)18(40-7)32-4-28-10-14(24)26-3-27-15(10)32/h3-9,12-13,18-19H,1-2H2,(H,36,45)(H2,24,26,27)(H3,25,30,31,34)/t6-,7-,8+,9+,12?,13?,18-,19-,43?,44?/m1/s1. The molecule has 25 heteroatoms. The number of fused-ring (bicyclic) bond motifs is 4. The topological polar surface area (TPSA) is 252 Å². The second kappa shape index (κ2) is 11.1. The van der Waals surface area contributed by atoms with E-state index in [-0.39, 0.29) is 34.1 Å². The van der Waals surface area contributed by atoms with Gasteiger partial charge in [-0.1, -0.05) is 0 Å². The summed E-state index contributed by atoms with van der Waals surface area (Å²) in [5.41, 5.74) is 10.8. The van der Waals surface area contributed by atoms with E-state index in [1.54, 1.807) is 0 Å². The number of halogens is 2. The minimum absolute atomic E-state index is 0.0349. The number of ether oxygens (including phenoxy) is 2. The van der Waals surface area contributed by atoms with Crippen molar-refractivity contribution in [1.29, 1.82) is 0 Å². The number of hydrogen-bond donors (Lipinski definition) is 4. The molecule has 4 aromatic rings. The third-order valence-corrected chi connectivity index (χ3v) is 9.87. The van der Waals surface area contributed by atoms with Crippen molar-refractivity contribution in [2.75, 3.05) is 24.7 Å². The number of H-pyrrole nitrogens is 1. The molecule has 0 bridgehead atoms. The molecule has 3 saturated heterocycles. The molecule has 4 unspecified atom stereocenters. The molecule has 3 aliphatic heterocycles. The lowest BCUT2D eigenvalue weighted by Crippen LogP contribution is -2.37. The maximum Gasteiger partial charge on any atom is 0.325 e. The van der Waals surface area contributed by atoms with E-state index in [2.05, 4.69) is 29.9 Å². The molecule has 0 saturated carbocycles. The van der Waals surface area contributed by atoms with Gasteiger partial charge in [0.25, 0.3) is 13.0 Å². The minimum Gasteiger partial charge on any atom is -0.382 e. The molecular weight excluding hydrogens is 667 g/mol. The Morgan fingerprint density at radius 3 is 2.24 bits per heavy atom. The van der Waals surface area contributed by atoms with Gasteiger partial charge in [0.15, 0.2) is 47.4 Å². The van der Waals surface area contributed by atoms with Crippen LogP contribution in [0.5, 0.6) is 0 Å². The average Bonchev–Trinajstić information content (AvgIpc) is 3.72. The molecular formula is C20H21BF2N10O9P2S. The Hall–Kier alpha value is -2.98. The van der Waals surface area contributed by atoms with Gasteiger partial charge in [-0.15, -0.1) is 0 Å². The smallest absolute Gasteiger partial charge is 0.325 e. The lowest BCUT2D eigenvalue weighted by Gasteiger charge is -2.29. The van der Waals surface area contributed by atoms with E-state index in [9.17, 15) is 14.3 Å². The van der Waals surface area contributed by atoms with Crippen LogP contribution in [0.2, 0.25) is 0 Å². The first-order chi connectivity index (χ1) is 21.3. The fourth-order valence-corrected chi connectivity index (χ4v) is 7.71. The van der Waals surface area contributed by atoms with Gasteiger partial charge in [-0.05, 0) is 11.8 Å². The molecule has 0 spiro atoms. The summed E-state index contributed by atoms with van der Waals surface area (Å²) in [5, 5.41) is 0. The Morgan fingerprint density at radius 2 is 1.56 bits per heavy atom. The number of rotatable bonds is 2. The predicted octanol–water partition coefficient (Wildman–Crippen LogP) is -0.0945. The number of nitrogens with zero attached hydrogens (tertiary/aromatic N) is 7. The lowest BCUT2D eigenvalue weighted by atomic mass is 10.1. The molecule has 238 valence electrons. The summed E-state index contributed by atoms with van der Waals surface area (Å²) in [6, 6.07) is 0. The van der Waals surface area contributed by atoms with Crippen molar-refractivity contribution >= 4 is 67.7 Å². The molecule has 10 atom stereocenters. The molecule has 7 rings (SSSR count). The minimum atomic E-state index is -4.62. The first kappa shape index (κ1) is 30.7. The van der Waals surface area contributed by atoms with Crippen LogP contribution in [0, 0.1) is 0 Å².